The second kappa shape index (κ2) is 6.43. The monoisotopic (exact) mass is 294 g/mol. The maximum Gasteiger partial charge on any atom is 0.231 e. The predicted molar refractivity (Wildman–Crippen MR) is 84.3 cm³/mol. The summed E-state index contributed by atoms with van der Waals surface area (Å²) in [4.78, 5) is 15.0. The zero-order valence-electron chi connectivity index (χ0n) is 13.1. The number of aliphatic hydroxyl groups excluding tert-OH is 1. The van der Waals surface area contributed by atoms with E-state index in [1.54, 1.807) is 0 Å². The summed E-state index contributed by atoms with van der Waals surface area (Å²) >= 11 is 0. The minimum atomic E-state index is -0.0159. The second-order valence-corrected chi connectivity index (χ2v) is 6.59. The molecule has 0 bridgehead atoms. The molecule has 1 atom stereocenters. The summed E-state index contributed by atoms with van der Waals surface area (Å²) in [5.74, 6) is 1.35. The molecule has 0 aliphatic carbocycles. The number of hydrogen-bond acceptors (Lipinski definition) is 7. The number of aromatic nitrogens is 3. The van der Waals surface area contributed by atoms with Gasteiger partial charge in [0.05, 0.1) is 0 Å². The Kier molecular flexibility index (Phi) is 4.82. The Bertz CT molecular complexity index is 467. The summed E-state index contributed by atoms with van der Waals surface area (Å²) in [6.45, 7) is 8.39. The van der Waals surface area contributed by atoms with Crippen LogP contribution < -0.4 is 16.0 Å². The fourth-order valence-electron chi connectivity index (χ4n) is 2.51. The first-order chi connectivity index (χ1) is 9.90. The molecule has 7 nitrogen and oxygen atoms in total. The van der Waals surface area contributed by atoms with Crippen molar-refractivity contribution in [1.82, 2.24) is 15.0 Å². The number of nitrogens with two attached hydrogens (primary N) is 1. The van der Waals surface area contributed by atoms with Gasteiger partial charge >= 0.3 is 0 Å². The first-order valence-electron chi connectivity index (χ1n) is 7.54. The highest BCUT2D eigenvalue weighted by molar-refractivity contribution is 5.43. The normalized spacial score (nSPS) is 17.0. The SMILES string of the molecule is CC(C)(C)C(CCO)Nc1nc(N)nc(N2CCCC2)n1. The van der Waals surface area contributed by atoms with Gasteiger partial charge in [-0.15, -0.1) is 0 Å². The van der Waals surface area contributed by atoms with Crippen molar-refractivity contribution in [2.75, 3.05) is 35.6 Å². The molecule has 1 unspecified atom stereocenters. The summed E-state index contributed by atoms with van der Waals surface area (Å²) in [6, 6.07) is 0.0655. The Balaban J connectivity index is 2.18. The highest BCUT2D eigenvalue weighted by atomic mass is 16.3. The molecule has 2 heterocycles. The molecule has 7 heteroatoms. The minimum absolute atomic E-state index is 0.0159. The van der Waals surface area contributed by atoms with Gasteiger partial charge in [0.2, 0.25) is 17.8 Å². The van der Waals surface area contributed by atoms with Gasteiger partial charge in [0.1, 0.15) is 0 Å². The van der Waals surface area contributed by atoms with Crippen molar-refractivity contribution < 1.29 is 5.11 Å². The number of aliphatic hydroxyl groups is 1. The lowest BCUT2D eigenvalue weighted by Gasteiger charge is -2.31. The average Bonchev–Trinajstić information content (AvgIpc) is 2.90. The van der Waals surface area contributed by atoms with Crippen molar-refractivity contribution in [1.29, 1.82) is 0 Å². The third-order valence-corrected chi connectivity index (χ3v) is 3.80. The Morgan fingerprint density at radius 1 is 1.24 bits per heavy atom. The molecule has 1 fully saturated rings. The minimum Gasteiger partial charge on any atom is -0.396 e. The first-order valence-corrected chi connectivity index (χ1v) is 7.54. The zero-order chi connectivity index (χ0) is 15.5. The number of nitrogens with zero attached hydrogens (tertiary/aromatic N) is 4. The van der Waals surface area contributed by atoms with Crippen LogP contribution in [-0.2, 0) is 0 Å². The number of anilines is 3. The molecule has 0 amide bonds. The van der Waals surface area contributed by atoms with Gasteiger partial charge in [-0.1, -0.05) is 20.8 Å². The smallest absolute Gasteiger partial charge is 0.231 e. The van der Waals surface area contributed by atoms with Crippen molar-refractivity contribution in [2.45, 2.75) is 46.1 Å². The molecule has 21 heavy (non-hydrogen) atoms. The molecular formula is C14H26N6O. The van der Waals surface area contributed by atoms with Gasteiger partial charge < -0.3 is 21.1 Å². The lowest BCUT2D eigenvalue weighted by molar-refractivity contribution is 0.235. The van der Waals surface area contributed by atoms with Gasteiger partial charge in [0.15, 0.2) is 0 Å². The Hall–Kier alpha value is -1.63. The summed E-state index contributed by atoms with van der Waals surface area (Å²) in [6.07, 6.45) is 2.95. The van der Waals surface area contributed by atoms with Gasteiger partial charge in [0, 0.05) is 25.7 Å². The van der Waals surface area contributed by atoms with Crippen LogP contribution in [0.3, 0.4) is 0 Å². The molecule has 2 rings (SSSR count). The van der Waals surface area contributed by atoms with Crippen LogP contribution in [0.15, 0.2) is 0 Å². The van der Waals surface area contributed by atoms with E-state index in [-0.39, 0.29) is 24.0 Å². The lowest BCUT2D eigenvalue weighted by atomic mass is 9.85. The fourth-order valence-corrected chi connectivity index (χ4v) is 2.51. The van der Waals surface area contributed by atoms with Gasteiger partial charge in [-0.25, -0.2) is 0 Å². The van der Waals surface area contributed by atoms with Crippen molar-refractivity contribution in [3.8, 4) is 0 Å². The molecule has 4 N–H and O–H groups in total. The maximum absolute atomic E-state index is 9.23. The van der Waals surface area contributed by atoms with Crippen LogP contribution in [0.5, 0.6) is 0 Å². The number of hydrogen-bond donors (Lipinski definition) is 3. The second-order valence-electron chi connectivity index (χ2n) is 6.59. The Morgan fingerprint density at radius 3 is 2.48 bits per heavy atom. The van der Waals surface area contributed by atoms with Crippen molar-refractivity contribution >= 4 is 17.8 Å². The molecule has 0 radical (unpaired) electrons. The van der Waals surface area contributed by atoms with E-state index in [1.165, 1.54) is 0 Å². The summed E-state index contributed by atoms with van der Waals surface area (Å²) in [7, 11) is 0. The molecule has 118 valence electrons. The van der Waals surface area contributed by atoms with E-state index in [1.807, 2.05) is 0 Å². The quantitative estimate of drug-likeness (QED) is 0.751. The largest absolute Gasteiger partial charge is 0.396 e. The van der Waals surface area contributed by atoms with Crippen LogP contribution >= 0.6 is 0 Å². The van der Waals surface area contributed by atoms with Gasteiger partial charge in [-0.2, -0.15) is 15.0 Å². The first kappa shape index (κ1) is 15.8. The lowest BCUT2D eigenvalue weighted by Crippen LogP contribution is -2.36. The van der Waals surface area contributed by atoms with Crippen molar-refractivity contribution in [3.05, 3.63) is 0 Å². The van der Waals surface area contributed by atoms with Gasteiger partial charge in [-0.05, 0) is 24.7 Å². The number of rotatable bonds is 5. The van der Waals surface area contributed by atoms with E-state index in [9.17, 15) is 5.11 Å². The molecule has 1 aromatic rings. The third kappa shape index (κ3) is 4.17. The molecule has 1 saturated heterocycles. The van der Waals surface area contributed by atoms with Crippen molar-refractivity contribution in [3.63, 3.8) is 0 Å². The van der Waals surface area contributed by atoms with Gasteiger partial charge in [-0.3, -0.25) is 0 Å². The van der Waals surface area contributed by atoms with E-state index in [0.717, 1.165) is 25.9 Å². The van der Waals surface area contributed by atoms with E-state index in [2.05, 4.69) is 45.9 Å². The molecule has 0 spiro atoms. The summed E-state index contributed by atoms with van der Waals surface area (Å²) in [5, 5.41) is 12.5. The van der Waals surface area contributed by atoms with E-state index in [0.29, 0.717) is 18.3 Å². The summed E-state index contributed by atoms with van der Waals surface area (Å²) in [5.41, 5.74) is 5.79. The van der Waals surface area contributed by atoms with Crippen LogP contribution in [0.2, 0.25) is 0 Å². The third-order valence-electron chi connectivity index (χ3n) is 3.80. The summed E-state index contributed by atoms with van der Waals surface area (Å²) < 4.78 is 0. The average molecular weight is 294 g/mol. The maximum atomic E-state index is 9.23. The van der Waals surface area contributed by atoms with Crippen LogP contribution in [0, 0.1) is 5.41 Å². The van der Waals surface area contributed by atoms with E-state index >= 15 is 0 Å². The molecule has 1 aliphatic rings. The zero-order valence-corrected chi connectivity index (χ0v) is 13.1. The number of nitrogens with one attached hydrogen (secondary N) is 1. The molecule has 0 aromatic carbocycles. The highest BCUT2D eigenvalue weighted by Gasteiger charge is 2.25. The standard InChI is InChI=1S/C14H26N6O/c1-14(2,3)10(6-9-21)16-12-17-11(15)18-13(19-12)20-7-4-5-8-20/h10,21H,4-9H2,1-3H3,(H3,15,16,17,18,19). The van der Waals surface area contributed by atoms with E-state index in [4.69, 9.17) is 5.73 Å². The predicted octanol–water partition coefficient (Wildman–Crippen LogP) is 1.26. The topological polar surface area (TPSA) is 100 Å². The molecule has 0 saturated carbocycles. The molecule has 1 aromatic heterocycles. The van der Waals surface area contributed by atoms with E-state index < -0.39 is 0 Å². The van der Waals surface area contributed by atoms with Crippen LogP contribution in [0.4, 0.5) is 17.8 Å². The van der Waals surface area contributed by atoms with Gasteiger partial charge in [0.25, 0.3) is 0 Å². The Morgan fingerprint density at radius 2 is 1.90 bits per heavy atom. The molecular weight excluding hydrogens is 268 g/mol. The van der Waals surface area contributed by atoms with Crippen LogP contribution in [0.1, 0.15) is 40.0 Å². The van der Waals surface area contributed by atoms with Crippen molar-refractivity contribution in [2.24, 2.45) is 5.41 Å². The highest BCUT2D eigenvalue weighted by Crippen LogP contribution is 2.25. The van der Waals surface area contributed by atoms with Crippen LogP contribution in [-0.4, -0.2) is 45.8 Å². The number of nitrogen functional groups attached to an aromatic ring is 1. The van der Waals surface area contributed by atoms with Crippen LogP contribution in [0.25, 0.3) is 0 Å². The Labute approximate surface area is 126 Å². The molecule has 1 aliphatic heterocycles. The fraction of sp³-hybridized carbons (Fsp3) is 0.786.